The Morgan fingerprint density at radius 1 is 1.70 bits per heavy atom. The van der Waals surface area contributed by atoms with Crippen molar-refractivity contribution in [3.8, 4) is 0 Å². The van der Waals surface area contributed by atoms with Gasteiger partial charge in [-0.25, -0.2) is 0 Å². The summed E-state index contributed by atoms with van der Waals surface area (Å²) in [4.78, 5) is 5.45. The van der Waals surface area contributed by atoms with Gasteiger partial charge in [-0.2, -0.15) is 0 Å². The predicted octanol–water partition coefficient (Wildman–Crippen LogP) is 2.10. The summed E-state index contributed by atoms with van der Waals surface area (Å²) in [6.07, 6.45) is 1.68. The molecule has 0 amide bonds. The van der Waals surface area contributed by atoms with E-state index in [9.17, 15) is 0 Å². The van der Waals surface area contributed by atoms with Crippen LogP contribution >= 0.6 is 23.5 Å². The van der Waals surface area contributed by atoms with Crippen LogP contribution in [0, 0.1) is 7.11 Å². The van der Waals surface area contributed by atoms with Crippen LogP contribution in [0.1, 0.15) is 0 Å². The third-order valence-electron chi connectivity index (χ3n) is 0.924. The van der Waals surface area contributed by atoms with E-state index < -0.39 is 0 Å². The Bertz CT molecular complexity index is 156. The van der Waals surface area contributed by atoms with Crippen LogP contribution in [0.25, 0.3) is 0 Å². The summed E-state index contributed by atoms with van der Waals surface area (Å²) in [5, 5.41) is 5.64. The molecule has 10 heavy (non-hydrogen) atoms. The molecule has 0 bridgehead atoms. The molecule has 1 heterocycles. The first-order chi connectivity index (χ1) is 4.93. The highest BCUT2D eigenvalue weighted by Gasteiger charge is 2.00. The molecule has 55 valence electrons. The molecule has 1 aliphatic rings. The smallest absolute Gasteiger partial charge is 0.153 e. The van der Waals surface area contributed by atoms with E-state index in [2.05, 4.69) is 22.5 Å². The summed E-state index contributed by atoms with van der Waals surface area (Å²) in [5.41, 5.74) is 0. The minimum Gasteiger partial charge on any atom is -0.392 e. The van der Waals surface area contributed by atoms with Gasteiger partial charge in [0.2, 0.25) is 0 Å². The average molecular weight is 174 g/mol. The first-order valence-corrected chi connectivity index (χ1v) is 4.86. The van der Waals surface area contributed by atoms with Gasteiger partial charge >= 0.3 is 0 Å². The normalized spacial score (nSPS) is 19.1. The summed E-state index contributed by atoms with van der Waals surface area (Å²) in [6, 6.07) is 0. The first kappa shape index (κ1) is 8.01. The van der Waals surface area contributed by atoms with Gasteiger partial charge in [0.1, 0.15) is 0 Å². The maximum Gasteiger partial charge on any atom is 0.153 e. The fourth-order valence-corrected chi connectivity index (χ4v) is 2.43. The van der Waals surface area contributed by atoms with Crippen molar-refractivity contribution in [1.29, 1.82) is 0 Å². The highest BCUT2D eigenvalue weighted by molar-refractivity contribution is 8.09. The minimum atomic E-state index is 1.15. The molecular formula is C6H8NOS2. The second kappa shape index (κ2) is 4.68. The van der Waals surface area contributed by atoms with E-state index in [4.69, 9.17) is 0 Å². The zero-order valence-electron chi connectivity index (χ0n) is 5.45. The van der Waals surface area contributed by atoms with Crippen molar-refractivity contribution in [2.24, 2.45) is 5.16 Å². The number of hydrogen-bond donors (Lipinski definition) is 0. The van der Waals surface area contributed by atoms with Gasteiger partial charge in [-0.1, -0.05) is 5.16 Å². The third kappa shape index (κ3) is 2.66. The van der Waals surface area contributed by atoms with Crippen LogP contribution in [0.2, 0.25) is 0 Å². The van der Waals surface area contributed by atoms with Crippen molar-refractivity contribution in [2.45, 2.75) is 0 Å². The average Bonchev–Trinajstić information content (AvgIpc) is 2.03. The number of nitrogens with zero attached hydrogens (tertiary/aromatic N) is 1. The number of allylic oxidation sites excluding steroid dienone is 1. The quantitative estimate of drug-likeness (QED) is 0.472. The van der Waals surface area contributed by atoms with Crippen molar-refractivity contribution in [3.63, 3.8) is 0 Å². The van der Waals surface area contributed by atoms with Crippen molar-refractivity contribution in [2.75, 3.05) is 11.5 Å². The number of thioether (sulfide) groups is 2. The number of oxime groups is 1. The lowest BCUT2D eigenvalue weighted by atomic mass is 10.7. The van der Waals surface area contributed by atoms with Gasteiger partial charge in [0.05, 0.1) is 6.21 Å². The summed E-state index contributed by atoms with van der Waals surface area (Å²) < 4.78 is 0. The standard InChI is InChI=1S/C6H8NOS2/c1-8-7-4-6-5-9-2-3-10-6/h4-5H,1-3H2/b7-4+. The van der Waals surface area contributed by atoms with Gasteiger partial charge in [0.15, 0.2) is 7.11 Å². The van der Waals surface area contributed by atoms with E-state index in [1.54, 1.807) is 29.7 Å². The number of hydrogen-bond acceptors (Lipinski definition) is 4. The van der Waals surface area contributed by atoms with Crippen LogP contribution < -0.4 is 0 Å². The van der Waals surface area contributed by atoms with Crippen molar-refractivity contribution in [3.05, 3.63) is 17.4 Å². The Hall–Kier alpha value is -0.0900. The van der Waals surface area contributed by atoms with E-state index in [0.717, 1.165) is 10.7 Å². The SMILES string of the molecule is [CH2]O/N=C/C1=CSCCS1. The summed E-state index contributed by atoms with van der Waals surface area (Å²) in [5.74, 6) is 2.34. The van der Waals surface area contributed by atoms with Gasteiger partial charge in [0.25, 0.3) is 0 Å². The van der Waals surface area contributed by atoms with Crippen molar-refractivity contribution < 1.29 is 4.84 Å². The molecule has 0 unspecified atom stereocenters. The van der Waals surface area contributed by atoms with Crippen molar-refractivity contribution >= 4 is 29.7 Å². The van der Waals surface area contributed by atoms with Crippen LogP contribution in [0.15, 0.2) is 15.5 Å². The van der Waals surface area contributed by atoms with E-state index in [1.165, 1.54) is 5.75 Å². The molecule has 2 nitrogen and oxygen atoms in total. The molecule has 0 aromatic heterocycles. The zero-order chi connectivity index (χ0) is 7.23. The zero-order valence-corrected chi connectivity index (χ0v) is 7.08. The fraction of sp³-hybridized carbons (Fsp3) is 0.333. The van der Waals surface area contributed by atoms with Gasteiger partial charge in [-0.3, -0.25) is 0 Å². The third-order valence-corrected chi connectivity index (χ3v) is 3.16. The molecule has 0 aromatic carbocycles. The van der Waals surface area contributed by atoms with E-state index in [0.29, 0.717) is 0 Å². The maximum absolute atomic E-state index is 4.30. The first-order valence-electron chi connectivity index (χ1n) is 2.82. The molecule has 1 aliphatic heterocycles. The molecule has 0 atom stereocenters. The van der Waals surface area contributed by atoms with Crippen LogP contribution in [0.3, 0.4) is 0 Å². The fourth-order valence-electron chi connectivity index (χ4n) is 0.540. The van der Waals surface area contributed by atoms with Crippen molar-refractivity contribution in [1.82, 2.24) is 0 Å². The lowest BCUT2D eigenvalue weighted by molar-refractivity contribution is 0.263. The summed E-state index contributed by atoms with van der Waals surface area (Å²) in [7, 11) is 3.13. The maximum atomic E-state index is 4.30. The monoisotopic (exact) mass is 174 g/mol. The Labute approximate surface area is 69.1 Å². The second-order valence-electron chi connectivity index (χ2n) is 1.60. The molecule has 0 aliphatic carbocycles. The molecule has 0 saturated carbocycles. The van der Waals surface area contributed by atoms with Gasteiger partial charge in [-0.05, 0) is 5.41 Å². The molecule has 0 aromatic rings. The van der Waals surface area contributed by atoms with Gasteiger partial charge in [0, 0.05) is 16.4 Å². The molecule has 1 radical (unpaired) electrons. The Morgan fingerprint density at radius 2 is 2.60 bits per heavy atom. The highest BCUT2D eigenvalue weighted by Crippen LogP contribution is 2.24. The molecule has 0 saturated heterocycles. The molecule has 0 spiro atoms. The van der Waals surface area contributed by atoms with Crippen LogP contribution in [-0.4, -0.2) is 17.7 Å². The van der Waals surface area contributed by atoms with Gasteiger partial charge < -0.3 is 4.84 Å². The second-order valence-corrected chi connectivity index (χ2v) is 3.75. The van der Waals surface area contributed by atoms with E-state index in [-0.39, 0.29) is 0 Å². The summed E-state index contributed by atoms with van der Waals surface area (Å²) >= 11 is 3.59. The number of rotatable bonds is 2. The largest absolute Gasteiger partial charge is 0.392 e. The molecule has 1 rings (SSSR count). The lowest BCUT2D eigenvalue weighted by Crippen LogP contribution is -1.91. The van der Waals surface area contributed by atoms with E-state index >= 15 is 0 Å². The van der Waals surface area contributed by atoms with E-state index in [1.807, 2.05) is 0 Å². The predicted molar refractivity (Wildman–Crippen MR) is 47.9 cm³/mol. The van der Waals surface area contributed by atoms with Crippen LogP contribution in [0.4, 0.5) is 0 Å². The van der Waals surface area contributed by atoms with Crippen LogP contribution in [-0.2, 0) is 4.84 Å². The summed E-state index contributed by atoms with van der Waals surface area (Å²) in [6.45, 7) is 0. The highest BCUT2D eigenvalue weighted by atomic mass is 32.2. The Kier molecular flexibility index (Phi) is 3.75. The topological polar surface area (TPSA) is 21.6 Å². The molecule has 4 heteroatoms. The minimum absolute atomic E-state index is 1.15. The molecular weight excluding hydrogens is 166 g/mol. The van der Waals surface area contributed by atoms with Crippen LogP contribution in [0.5, 0.6) is 0 Å². The Morgan fingerprint density at radius 3 is 3.20 bits per heavy atom. The molecule has 0 N–H and O–H groups in total. The van der Waals surface area contributed by atoms with Gasteiger partial charge in [-0.15, -0.1) is 23.5 Å². The lowest BCUT2D eigenvalue weighted by Gasteiger charge is -2.05. The Balaban J connectivity index is 2.38. The molecule has 0 fully saturated rings.